The lowest BCUT2D eigenvalue weighted by Gasteiger charge is -2.11. The van der Waals surface area contributed by atoms with Crippen molar-refractivity contribution in [2.45, 2.75) is 6.54 Å². The summed E-state index contributed by atoms with van der Waals surface area (Å²) in [5.74, 6) is 2.18. The van der Waals surface area contributed by atoms with E-state index in [-0.39, 0.29) is 0 Å². The quantitative estimate of drug-likeness (QED) is 0.917. The van der Waals surface area contributed by atoms with Crippen molar-refractivity contribution in [3.63, 3.8) is 0 Å². The summed E-state index contributed by atoms with van der Waals surface area (Å²) in [6.45, 7) is 0.338. The monoisotopic (exact) mass is 263 g/mol. The molecule has 3 nitrogen and oxygen atoms in total. The van der Waals surface area contributed by atoms with Gasteiger partial charge in [0.25, 0.3) is 0 Å². The molecule has 0 bridgehead atoms. The molecule has 0 fully saturated rings. The zero-order chi connectivity index (χ0) is 13.0. The molecule has 94 valence electrons. The molecule has 0 heterocycles. The number of nitrogens with two attached hydrogens (primary N) is 1. The highest BCUT2D eigenvalue weighted by atomic mass is 35.5. The minimum Gasteiger partial charge on any atom is -0.497 e. The molecule has 2 N–H and O–H groups in total. The van der Waals surface area contributed by atoms with E-state index in [2.05, 4.69) is 0 Å². The molecule has 2 aromatic carbocycles. The SMILES string of the molecule is COc1ccc(Oc2cccc(Cl)c2CN)cc1. The van der Waals surface area contributed by atoms with E-state index in [0.717, 1.165) is 11.3 Å². The van der Waals surface area contributed by atoms with Gasteiger partial charge in [0.15, 0.2) is 0 Å². The predicted octanol–water partition coefficient (Wildman–Crippen LogP) is 3.60. The van der Waals surface area contributed by atoms with Gasteiger partial charge < -0.3 is 15.2 Å². The minimum absolute atomic E-state index is 0.338. The first-order valence-electron chi connectivity index (χ1n) is 5.54. The molecule has 0 amide bonds. The topological polar surface area (TPSA) is 44.5 Å². The van der Waals surface area contributed by atoms with Crippen molar-refractivity contribution in [2.24, 2.45) is 5.73 Å². The van der Waals surface area contributed by atoms with Crippen LogP contribution in [-0.4, -0.2) is 7.11 Å². The van der Waals surface area contributed by atoms with Gasteiger partial charge in [-0.05, 0) is 36.4 Å². The lowest BCUT2D eigenvalue weighted by atomic mass is 10.2. The molecule has 0 unspecified atom stereocenters. The molecule has 2 rings (SSSR count). The maximum atomic E-state index is 6.06. The van der Waals surface area contributed by atoms with E-state index in [9.17, 15) is 0 Å². The lowest BCUT2D eigenvalue weighted by Crippen LogP contribution is -2.00. The van der Waals surface area contributed by atoms with Crippen LogP contribution >= 0.6 is 11.6 Å². The Morgan fingerprint density at radius 3 is 2.33 bits per heavy atom. The highest BCUT2D eigenvalue weighted by Gasteiger charge is 2.07. The molecule has 0 saturated carbocycles. The van der Waals surface area contributed by atoms with Crippen molar-refractivity contribution < 1.29 is 9.47 Å². The molecular weight excluding hydrogens is 250 g/mol. The van der Waals surface area contributed by atoms with E-state index in [1.165, 1.54) is 0 Å². The molecule has 0 atom stereocenters. The van der Waals surface area contributed by atoms with Crippen LogP contribution in [0.4, 0.5) is 0 Å². The van der Waals surface area contributed by atoms with Crippen LogP contribution in [0.2, 0.25) is 5.02 Å². The van der Waals surface area contributed by atoms with E-state index in [1.807, 2.05) is 36.4 Å². The number of benzene rings is 2. The fourth-order valence-electron chi connectivity index (χ4n) is 1.60. The first-order valence-corrected chi connectivity index (χ1v) is 5.91. The number of ether oxygens (including phenoxy) is 2. The largest absolute Gasteiger partial charge is 0.497 e. The highest BCUT2D eigenvalue weighted by molar-refractivity contribution is 6.31. The summed E-state index contributed by atoms with van der Waals surface area (Å²) in [5.41, 5.74) is 6.47. The van der Waals surface area contributed by atoms with Gasteiger partial charge in [-0.3, -0.25) is 0 Å². The normalized spacial score (nSPS) is 10.2. The second-order valence-corrected chi connectivity index (χ2v) is 4.11. The zero-order valence-electron chi connectivity index (χ0n) is 10.0. The van der Waals surface area contributed by atoms with Crippen LogP contribution in [0.15, 0.2) is 42.5 Å². The Balaban J connectivity index is 2.25. The van der Waals surface area contributed by atoms with Crippen LogP contribution in [0.5, 0.6) is 17.2 Å². The summed E-state index contributed by atoms with van der Waals surface area (Å²) < 4.78 is 10.8. The smallest absolute Gasteiger partial charge is 0.133 e. The number of methoxy groups -OCH3 is 1. The van der Waals surface area contributed by atoms with Crippen LogP contribution in [0.3, 0.4) is 0 Å². The molecule has 18 heavy (non-hydrogen) atoms. The van der Waals surface area contributed by atoms with Gasteiger partial charge in [0, 0.05) is 17.1 Å². The van der Waals surface area contributed by atoms with E-state index in [0.29, 0.717) is 23.1 Å². The van der Waals surface area contributed by atoms with Crippen molar-refractivity contribution in [1.29, 1.82) is 0 Å². The third-order valence-corrected chi connectivity index (χ3v) is 2.92. The third-order valence-electron chi connectivity index (χ3n) is 2.57. The Labute approximate surface area is 111 Å². The van der Waals surface area contributed by atoms with Gasteiger partial charge in [-0.1, -0.05) is 17.7 Å². The first-order chi connectivity index (χ1) is 8.74. The van der Waals surface area contributed by atoms with Crippen LogP contribution in [0.25, 0.3) is 0 Å². The lowest BCUT2D eigenvalue weighted by molar-refractivity contribution is 0.412. The Morgan fingerprint density at radius 1 is 1.06 bits per heavy atom. The van der Waals surface area contributed by atoms with Crippen molar-refractivity contribution in [2.75, 3.05) is 7.11 Å². The average molecular weight is 264 g/mol. The van der Waals surface area contributed by atoms with Gasteiger partial charge in [-0.2, -0.15) is 0 Å². The van der Waals surface area contributed by atoms with Gasteiger partial charge in [-0.25, -0.2) is 0 Å². The summed E-state index contributed by atoms with van der Waals surface area (Å²) in [7, 11) is 1.62. The zero-order valence-corrected chi connectivity index (χ0v) is 10.8. The van der Waals surface area contributed by atoms with Crippen molar-refractivity contribution >= 4 is 11.6 Å². The molecule has 0 saturated heterocycles. The number of halogens is 1. The van der Waals surface area contributed by atoms with Crippen LogP contribution in [0.1, 0.15) is 5.56 Å². The Hall–Kier alpha value is -1.71. The van der Waals surface area contributed by atoms with Gasteiger partial charge >= 0.3 is 0 Å². The Kier molecular flexibility index (Phi) is 4.07. The van der Waals surface area contributed by atoms with Crippen LogP contribution in [0, 0.1) is 0 Å². The molecule has 0 aliphatic carbocycles. The summed E-state index contributed by atoms with van der Waals surface area (Å²) in [6, 6.07) is 12.8. The van der Waals surface area contributed by atoms with Crippen molar-refractivity contribution in [3.8, 4) is 17.2 Å². The summed E-state index contributed by atoms with van der Waals surface area (Å²) in [4.78, 5) is 0. The van der Waals surface area contributed by atoms with E-state index < -0.39 is 0 Å². The van der Waals surface area contributed by atoms with Crippen molar-refractivity contribution in [1.82, 2.24) is 0 Å². The highest BCUT2D eigenvalue weighted by Crippen LogP contribution is 2.30. The van der Waals surface area contributed by atoms with Gasteiger partial charge in [0.05, 0.1) is 7.11 Å². The Morgan fingerprint density at radius 2 is 1.72 bits per heavy atom. The second-order valence-electron chi connectivity index (χ2n) is 3.70. The fourth-order valence-corrected chi connectivity index (χ4v) is 1.85. The van der Waals surface area contributed by atoms with Gasteiger partial charge in [0.2, 0.25) is 0 Å². The molecule has 0 radical (unpaired) electrons. The third kappa shape index (κ3) is 2.75. The van der Waals surface area contributed by atoms with Crippen molar-refractivity contribution in [3.05, 3.63) is 53.1 Å². The average Bonchev–Trinajstić information content (AvgIpc) is 2.40. The van der Waals surface area contributed by atoms with Gasteiger partial charge in [-0.15, -0.1) is 0 Å². The molecule has 0 spiro atoms. The molecular formula is C14H14ClNO2. The van der Waals surface area contributed by atoms with E-state index in [1.54, 1.807) is 13.2 Å². The number of hydrogen-bond acceptors (Lipinski definition) is 3. The molecule has 0 aliphatic heterocycles. The fraction of sp³-hybridized carbons (Fsp3) is 0.143. The van der Waals surface area contributed by atoms with E-state index >= 15 is 0 Å². The second kappa shape index (κ2) is 5.76. The summed E-state index contributed by atoms with van der Waals surface area (Å²) >= 11 is 6.06. The van der Waals surface area contributed by atoms with Crippen LogP contribution in [-0.2, 0) is 6.54 Å². The van der Waals surface area contributed by atoms with Crippen LogP contribution < -0.4 is 15.2 Å². The summed E-state index contributed by atoms with van der Waals surface area (Å²) in [6.07, 6.45) is 0. The molecule has 2 aromatic rings. The summed E-state index contributed by atoms with van der Waals surface area (Å²) in [5, 5.41) is 0.614. The Bertz CT molecular complexity index is 526. The van der Waals surface area contributed by atoms with Gasteiger partial charge in [0.1, 0.15) is 17.2 Å². The maximum Gasteiger partial charge on any atom is 0.133 e. The molecule has 0 aromatic heterocycles. The number of rotatable bonds is 4. The predicted molar refractivity (Wildman–Crippen MR) is 72.4 cm³/mol. The maximum absolute atomic E-state index is 6.06. The number of hydrogen-bond donors (Lipinski definition) is 1. The standard InChI is InChI=1S/C14H14ClNO2/c1-17-10-5-7-11(8-6-10)18-14-4-2-3-13(15)12(14)9-16/h2-8H,9,16H2,1H3. The molecule has 0 aliphatic rings. The van der Waals surface area contributed by atoms with E-state index in [4.69, 9.17) is 26.8 Å². The molecule has 4 heteroatoms. The first kappa shape index (κ1) is 12.7. The minimum atomic E-state index is 0.338.